The number of sulfonamides is 1. The first-order valence-electron chi connectivity index (χ1n) is 9.60. The molecule has 0 aliphatic carbocycles. The van der Waals surface area contributed by atoms with Crippen LogP contribution < -0.4 is 14.4 Å². The van der Waals surface area contributed by atoms with Gasteiger partial charge in [-0.15, -0.1) is 0 Å². The van der Waals surface area contributed by atoms with Gasteiger partial charge in [0.15, 0.2) is 0 Å². The molecule has 0 fully saturated rings. The highest BCUT2D eigenvalue weighted by Gasteiger charge is 2.25. The fourth-order valence-electron chi connectivity index (χ4n) is 3.55. The second kappa shape index (κ2) is 8.20. The van der Waals surface area contributed by atoms with Crippen molar-refractivity contribution in [3.05, 3.63) is 83.9 Å². The minimum Gasteiger partial charge on any atom is -0.497 e. The second-order valence-corrected chi connectivity index (χ2v) is 8.78. The molecule has 4 rings (SSSR count). The van der Waals surface area contributed by atoms with Gasteiger partial charge < -0.3 is 9.64 Å². The number of fused-ring (bicyclic) bond motifs is 1. The van der Waals surface area contributed by atoms with Gasteiger partial charge in [-0.05, 0) is 47.9 Å². The van der Waals surface area contributed by atoms with Crippen molar-refractivity contribution < 1.29 is 17.9 Å². The van der Waals surface area contributed by atoms with Gasteiger partial charge in [0, 0.05) is 23.9 Å². The summed E-state index contributed by atoms with van der Waals surface area (Å²) in [7, 11) is -2.26. The molecule has 1 aliphatic rings. The smallest absolute Gasteiger partial charge is 0.262 e. The fraction of sp³-hybridized carbons (Fsp3) is 0.174. The Bertz CT molecular complexity index is 1180. The number of carbonyl (C=O) groups is 1. The number of rotatable bonds is 6. The zero-order valence-electron chi connectivity index (χ0n) is 16.5. The number of amides is 1. The van der Waals surface area contributed by atoms with Crippen molar-refractivity contribution in [3.63, 3.8) is 0 Å². The molecule has 1 amide bonds. The van der Waals surface area contributed by atoms with Crippen LogP contribution in [-0.2, 0) is 27.8 Å². The lowest BCUT2D eigenvalue weighted by Crippen LogP contribution is -2.34. The molecule has 0 unspecified atom stereocenters. The Kier molecular flexibility index (Phi) is 5.46. The molecule has 0 saturated heterocycles. The van der Waals surface area contributed by atoms with Crippen molar-refractivity contribution in [2.45, 2.75) is 24.3 Å². The number of carbonyl (C=O) groups excluding carboxylic acids is 1. The molecule has 3 aromatic rings. The largest absolute Gasteiger partial charge is 0.497 e. The third-order valence-corrected chi connectivity index (χ3v) is 6.45. The minimum absolute atomic E-state index is 0.0658. The molecular formula is C23H22N2O4S. The predicted octanol–water partition coefficient (Wildman–Crippen LogP) is 3.98. The van der Waals surface area contributed by atoms with E-state index in [4.69, 9.17) is 4.74 Å². The van der Waals surface area contributed by atoms with Crippen molar-refractivity contribution in [3.8, 4) is 5.75 Å². The van der Waals surface area contributed by atoms with E-state index in [1.165, 1.54) is 19.2 Å². The third-order valence-electron chi connectivity index (χ3n) is 5.07. The lowest BCUT2D eigenvalue weighted by molar-refractivity contribution is -0.119. The molecule has 0 atom stereocenters. The van der Waals surface area contributed by atoms with Crippen LogP contribution in [0.15, 0.2) is 77.7 Å². The maximum atomic E-state index is 12.8. The summed E-state index contributed by atoms with van der Waals surface area (Å²) in [5, 5.41) is 0. The predicted molar refractivity (Wildman–Crippen MR) is 116 cm³/mol. The molecule has 7 heteroatoms. The summed E-state index contributed by atoms with van der Waals surface area (Å²) >= 11 is 0. The highest BCUT2D eigenvalue weighted by molar-refractivity contribution is 7.92. The second-order valence-electron chi connectivity index (χ2n) is 7.09. The summed E-state index contributed by atoms with van der Waals surface area (Å²) in [5.74, 6) is 0.537. The third kappa shape index (κ3) is 4.16. The monoisotopic (exact) mass is 422 g/mol. The Morgan fingerprint density at radius 3 is 2.53 bits per heavy atom. The number of nitrogens with zero attached hydrogens (tertiary/aromatic N) is 1. The number of ether oxygens (including phenoxy) is 1. The molecule has 1 aliphatic heterocycles. The lowest BCUT2D eigenvalue weighted by atomic mass is 10.00. The SMILES string of the molecule is COc1cccc(S(=O)(=O)Nc2ccc3c(c2)CCC(=O)N3Cc2ccccc2)c1. The number of hydrogen-bond acceptors (Lipinski definition) is 4. The molecular weight excluding hydrogens is 400 g/mol. The molecule has 1 N–H and O–H groups in total. The van der Waals surface area contributed by atoms with E-state index >= 15 is 0 Å². The summed E-state index contributed by atoms with van der Waals surface area (Å²) in [6.45, 7) is 0.488. The molecule has 154 valence electrons. The minimum atomic E-state index is -3.76. The fourth-order valence-corrected chi connectivity index (χ4v) is 4.63. The van der Waals surface area contributed by atoms with Crippen molar-refractivity contribution in [2.24, 2.45) is 0 Å². The molecule has 30 heavy (non-hydrogen) atoms. The quantitative estimate of drug-likeness (QED) is 0.652. The first kappa shape index (κ1) is 20.0. The van der Waals surface area contributed by atoms with E-state index in [1.54, 1.807) is 35.2 Å². The van der Waals surface area contributed by atoms with Crippen LogP contribution >= 0.6 is 0 Å². The van der Waals surface area contributed by atoms with Gasteiger partial charge in [-0.25, -0.2) is 8.42 Å². The normalized spacial score (nSPS) is 13.6. The van der Waals surface area contributed by atoms with Crippen LogP contribution in [0.25, 0.3) is 0 Å². The number of anilines is 2. The molecule has 0 spiro atoms. The molecule has 0 aromatic heterocycles. The molecule has 0 bridgehead atoms. The first-order valence-corrected chi connectivity index (χ1v) is 11.1. The number of benzene rings is 3. The molecule has 6 nitrogen and oxygen atoms in total. The van der Waals surface area contributed by atoms with Crippen LogP contribution in [0.5, 0.6) is 5.75 Å². The van der Waals surface area contributed by atoms with E-state index in [0.29, 0.717) is 30.8 Å². The van der Waals surface area contributed by atoms with Crippen LogP contribution in [0.4, 0.5) is 11.4 Å². The molecule has 0 saturated carbocycles. The van der Waals surface area contributed by atoms with Crippen molar-refractivity contribution >= 4 is 27.3 Å². The van der Waals surface area contributed by atoms with Gasteiger partial charge in [0.25, 0.3) is 10.0 Å². The van der Waals surface area contributed by atoms with Crippen LogP contribution in [-0.4, -0.2) is 21.4 Å². The van der Waals surface area contributed by atoms with E-state index in [9.17, 15) is 13.2 Å². The van der Waals surface area contributed by atoms with Gasteiger partial charge in [0.2, 0.25) is 5.91 Å². The van der Waals surface area contributed by atoms with Gasteiger partial charge in [0.1, 0.15) is 5.75 Å². The number of methoxy groups -OCH3 is 1. The Morgan fingerprint density at radius 1 is 0.967 bits per heavy atom. The highest BCUT2D eigenvalue weighted by Crippen LogP contribution is 2.32. The molecule has 1 heterocycles. The Hall–Kier alpha value is -3.32. The average Bonchev–Trinajstić information content (AvgIpc) is 2.76. The standard InChI is InChI=1S/C23H22N2O4S/c1-29-20-8-5-9-21(15-20)30(27,28)24-19-11-12-22-18(14-19)10-13-23(26)25(22)16-17-6-3-2-4-7-17/h2-9,11-12,14-15,24H,10,13,16H2,1H3. The van der Waals surface area contributed by atoms with E-state index in [0.717, 1.165) is 16.8 Å². The summed E-state index contributed by atoms with van der Waals surface area (Å²) in [6.07, 6.45) is 0.972. The summed E-state index contributed by atoms with van der Waals surface area (Å²) in [6, 6.07) is 21.4. The van der Waals surface area contributed by atoms with Gasteiger partial charge >= 0.3 is 0 Å². The van der Waals surface area contributed by atoms with Crippen LogP contribution in [0.3, 0.4) is 0 Å². The Balaban J connectivity index is 1.60. The number of hydrogen-bond donors (Lipinski definition) is 1. The number of aryl methyl sites for hydroxylation is 1. The van der Waals surface area contributed by atoms with Crippen molar-refractivity contribution in [1.82, 2.24) is 0 Å². The average molecular weight is 423 g/mol. The van der Waals surface area contributed by atoms with E-state index in [-0.39, 0.29) is 10.8 Å². The van der Waals surface area contributed by atoms with Crippen molar-refractivity contribution in [1.29, 1.82) is 0 Å². The molecule has 3 aromatic carbocycles. The highest BCUT2D eigenvalue weighted by atomic mass is 32.2. The Morgan fingerprint density at radius 2 is 1.77 bits per heavy atom. The van der Waals surface area contributed by atoms with E-state index in [2.05, 4.69) is 4.72 Å². The first-order chi connectivity index (χ1) is 14.5. The lowest BCUT2D eigenvalue weighted by Gasteiger charge is -2.30. The zero-order chi connectivity index (χ0) is 21.1. The van der Waals surface area contributed by atoms with Crippen LogP contribution in [0.2, 0.25) is 0 Å². The summed E-state index contributed by atoms with van der Waals surface area (Å²) in [4.78, 5) is 14.4. The van der Waals surface area contributed by atoms with Gasteiger partial charge in [-0.3, -0.25) is 9.52 Å². The van der Waals surface area contributed by atoms with E-state index in [1.807, 2.05) is 30.3 Å². The maximum Gasteiger partial charge on any atom is 0.262 e. The zero-order valence-corrected chi connectivity index (χ0v) is 17.4. The topological polar surface area (TPSA) is 75.7 Å². The van der Waals surface area contributed by atoms with Crippen molar-refractivity contribution in [2.75, 3.05) is 16.7 Å². The molecule has 0 radical (unpaired) electrons. The number of nitrogens with one attached hydrogen (secondary N) is 1. The summed E-state index contributed by atoms with van der Waals surface area (Å²) in [5.41, 5.74) is 3.27. The summed E-state index contributed by atoms with van der Waals surface area (Å²) < 4.78 is 33.3. The maximum absolute atomic E-state index is 12.8. The Labute approximate surface area is 176 Å². The van der Waals surface area contributed by atoms with Crippen LogP contribution in [0.1, 0.15) is 17.5 Å². The van der Waals surface area contributed by atoms with Crippen LogP contribution in [0, 0.1) is 0 Å². The van der Waals surface area contributed by atoms with Gasteiger partial charge in [-0.2, -0.15) is 0 Å². The van der Waals surface area contributed by atoms with Gasteiger partial charge in [0.05, 0.1) is 18.6 Å². The van der Waals surface area contributed by atoms with E-state index < -0.39 is 10.0 Å². The van der Waals surface area contributed by atoms with Gasteiger partial charge in [-0.1, -0.05) is 36.4 Å².